The van der Waals surface area contributed by atoms with Gasteiger partial charge in [-0.15, -0.1) is 0 Å². The zero-order valence-corrected chi connectivity index (χ0v) is 12.4. The first-order chi connectivity index (χ1) is 8.31. The lowest BCUT2D eigenvalue weighted by Gasteiger charge is -2.27. The molecule has 1 atom stereocenters. The molecule has 0 saturated carbocycles. The molecule has 1 unspecified atom stereocenters. The van der Waals surface area contributed by atoms with E-state index in [1.165, 1.54) is 0 Å². The van der Waals surface area contributed by atoms with Crippen LogP contribution in [0.1, 0.15) is 20.8 Å². The van der Waals surface area contributed by atoms with Crippen LogP contribution in [0.2, 0.25) is 0 Å². The van der Waals surface area contributed by atoms with Crippen LogP contribution in [0.5, 0.6) is 0 Å². The van der Waals surface area contributed by atoms with Gasteiger partial charge < -0.3 is 15.7 Å². The lowest BCUT2D eigenvalue weighted by Crippen LogP contribution is -2.45. The summed E-state index contributed by atoms with van der Waals surface area (Å²) in [4.78, 5) is 11.6. The molecule has 0 bridgehead atoms. The van der Waals surface area contributed by atoms with E-state index in [2.05, 4.69) is 26.6 Å². The monoisotopic (exact) mass is 314 g/mol. The van der Waals surface area contributed by atoms with Gasteiger partial charge in [-0.25, -0.2) is 4.79 Å². The molecule has 0 radical (unpaired) electrons. The number of carbonyl (C=O) groups is 1. The molecule has 0 fully saturated rings. The number of nitrogens with one attached hydrogen (secondary N) is 2. The zero-order valence-electron chi connectivity index (χ0n) is 10.8. The Balaban J connectivity index is 2.48. The van der Waals surface area contributed by atoms with Gasteiger partial charge in [0.25, 0.3) is 0 Å². The van der Waals surface area contributed by atoms with Crippen molar-refractivity contribution in [3.8, 4) is 0 Å². The second-order valence-corrected chi connectivity index (χ2v) is 5.75. The molecule has 3 N–H and O–H groups in total. The van der Waals surface area contributed by atoms with E-state index in [1.807, 2.05) is 26.0 Å². The Morgan fingerprint density at radius 3 is 2.72 bits per heavy atom. The van der Waals surface area contributed by atoms with E-state index in [4.69, 9.17) is 0 Å². The largest absolute Gasteiger partial charge is 0.388 e. The van der Waals surface area contributed by atoms with Gasteiger partial charge in [0, 0.05) is 16.7 Å². The van der Waals surface area contributed by atoms with Crippen LogP contribution in [0.4, 0.5) is 10.5 Å². The number of aliphatic hydroxyl groups is 1. The molecular formula is C13H19BrN2O2. The maximum absolute atomic E-state index is 11.6. The molecule has 1 rings (SSSR count). The Labute approximate surface area is 116 Å². The molecule has 1 aromatic carbocycles. The zero-order chi connectivity index (χ0) is 13.8. The third-order valence-corrected chi connectivity index (χ3v) is 3.43. The third-order valence-electron chi connectivity index (χ3n) is 2.93. The Morgan fingerprint density at radius 2 is 2.17 bits per heavy atom. The minimum atomic E-state index is -0.908. The van der Waals surface area contributed by atoms with Crippen LogP contribution in [0, 0.1) is 5.92 Å². The molecule has 100 valence electrons. The topological polar surface area (TPSA) is 61.4 Å². The van der Waals surface area contributed by atoms with Gasteiger partial charge in [0.1, 0.15) is 0 Å². The summed E-state index contributed by atoms with van der Waals surface area (Å²) in [5, 5.41) is 15.4. The number of rotatable bonds is 4. The molecule has 0 aliphatic heterocycles. The summed E-state index contributed by atoms with van der Waals surface area (Å²) in [5.41, 5.74) is -0.208. The Morgan fingerprint density at radius 1 is 1.50 bits per heavy atom. The first-order valence-corrected chi connectivity index (χ1v) is 6.63. The maximum atomic E-state index is 11.6. The van der Waals surface area contributed by atoms with E-state index in [9.17, 15) is 9.90 Å². The van der Waals surface area contributed by atoms with Crippen molar-refractivity contribution in [3.05, 3.63) is 28.7 Å². The molecule has 2 amide bonds. The van der Waals surface area contributed by atoms with Crippen LogP contribution in [0.25, 0.3) is 0 Å². The average Bonchev–Trinajstić information content (AvgIpc) is 2.26. The number of anilines is 1. The van der Waals surface area contributed by atoms with Crippen molar-refractivity contribution in [1.82, 2.24) is 5.32 Å². The number of urea groups is 1. The molecule has 0 aromatic heterocycles. The van der Waals surface area contributed by atoms with Crippen molar-refractivity contribution in [2.45, 2.75) is 26.4 Å². The standard InChI is InChI=1S/C13H19BrN2O2/c1-9(2)13(3,18)8-15-12(17)16-11-6-4-5-10(14)7-11/h4-7,9,18H,8H2,1-3H3,(H2,15,16,17). The molecule has 0 heterocycles. The summed E-state index contributed by atoms with van der Waals surface area (Å²) in [6.45, 7) is 5.74. The molecule has 0 aliphatic carbocycles. The van der Waals surface area contributed by atoms with Gasteiger partial charge in [-0.05, 0) is 31.0 Å². The van der Waals surface area contributed by atoms with Crippen LogP contribution < -0.4 is 10.6 Å². The lowest BCUT2D eigenvalue weighted by molar-refractivity contribution is 0.0170. The highest BCUT2D eigenvalue weighted by Gasteiger charge is 2.25. The van der Waals surface area contributed by atoms with Gasteiger partial charge in [-0.3, -0.25) is 0 Å². The number of hydrogen-bond acceptors (Lipinski definition) is 2. The summed E-state index contributed by atoms with van der Waals surface area (Å²) >= 11 is 3.33. The van der Waals surface area contributed by atoms with E-state index >= 15 is 0 Å². The fourth-order valence-electron chi connectivity index (χ4n) is 1.20. The first-order valence-electron chi connectivity index (χ1n) is 5.84. The van der Waals surface area contributed by atoms with Gasteiger partial charge in [0.05, 0.1) is 5.60 Å². The number of benzene rings is 1. The van der Waals surface area contributed by atoms with Gasteiger partial charge in [0.15, 0.2) is 0 Å². The quantitative estimate of drug-likeness (QED) is 0.800. The molecule has 18 heavy (non-hydrogen) atoms. The predicted molar refractivity (Wildman–Crippen MR) is 76.6 cm³/mol. The van der Waals surface area contributed by atoms with E-state index < -0.39 is 5.60 Å². The van der Waals surface area contributed by atoms with Crippen molar-refractivity contribution in [1.29, 1.82) is 0 Å². The smallest absolute Gasteiger partial charge is 0.319 e. The van der Waals surface area contributed by atoms with Gasteiger partial charge in [-0.2, -0.15) is 0 Å². The Hall–Kier alpha value is -1.07. The van der Waals surface area contributed by atoms with Crippen molar-refractivity contribution in [2.24, 2.45) is 5.92 Å². The van der Waals surface area contributed by atoms with Crippen LogP contribution in [-0.4, -0.2) is 23.3 Å². The predicted octanol–water partition coefficient (Wildman–Crippen LogP) is 2.98. The highest BCUT2D eigenvalue weighted by molar-refractivity contribution is 9.10. The van der Waals surface area contributed by atoms with Gasteiger partial charge in [0.2, 0.25) is 0 Å². The summed E-state index contributed by atoms with van der Waals surface area (Å²) in [6.07, 6.45) is 0. The van der Waals surface area contributed by atoms with Crippen LogP contribution in [-0.2, 0) is 0 Å². The highest BCUT2D eigenvalue weighted by Crippen LogP contribution is 2.16. The molecule has 4 nitrogen and oxygen atoms in total. The molecule has 0 saturated heterocycles. The fourth-order valence-corrected chi connectivity index (χ4v) is 1.60. The second-order valence-electron chi connectivity index (χ2n) is 4.83. The summed E-state index contributed by atoms with van der Waals surface area (Å²) in [5.74, 6) is 0.0728. The molecular weight excluding hydrogens is 296 g/mol. The van der Waals surface area contributed by atoms with Crippen LogP contribution in [0.15, 0.2) is 28.7 Å². The minimum Gasteiger partial charge on any atom is -0.388 e. The third kappa shape index (κ3) is 4.66. The average molecular weight is 315 g/mol. The SMILES string of the molecule is CC(C)C(C)(O)CNC(=O)Nc1cccc(Br)c1. The minimum absolute atomic E-state index is 0.0728. The Bertz CT molecular complexity index is 419. The fraction of sp³-hybridized carbons (Fsp3) is 0.462. The Kier molecular flexibility index (Phi) is 5.16. The summed E-state index contributed by atoms with van der Waals surface area (Å²) < 4.78 is 0.898. The molecule has 0 spiro atoms. The number of halogens is 1. The van der Waals surface area contributed by atoms with E-state index in [-0.39, 0.29) is 18.5 Å². The molecule has 1 aromatic rings. The second kappa shape index (κ2) is 6.20. The van der Waals surface area contributed by atoms with Gasteiger partial charge >= 0.3 is 6.03 Å². The van der Waals surface area contributed by atoms with E-state index in [1.54, 1.807) is 19.1 Å². The summed E-state index contributed by atoms with van der Waals surface area (Å²) in [6, 6.07) is 7.00. The van der Waals surface area contributed by atoms with Crippen molar-refractivity contribution in [3.63, 3.8) is 0 Å². The maximum Gasteiger partial charge on any atom is 0.319 e. The van der Waals surface area contributed by atoms with E-state index in [0.717, 1.165) is 4.47 Å². The van der Waals surface area contributed by atoms with Gasteiger partial charge in [-0.1, -0.05) is 35.8 Å². The number of hydrogen-bond donors (Lipinski definition) is 3. The van der Waals surface area contributed by atoms with Crippen molar-refractivity contribution < 1.29 is 9.90 Å². The lowest BCUT2D eigenvalue weighted by atomic mass is 9.93. The summed E-state index contributed by atoms with van der Waals surface area (Å²) in [7, 11) is 0. The first kappa shape index (κ1) is 15.0. The van der Waals surface area contributed by atoms with Crippen LogP contribution >= 0.6 is 15.9 Å². The molecule has 0 aliphatic rings. The van der Waals surface area contributed by atoms with Crippen LogP contribution in [0.3, 0.4) is 0 Å². The normalized spacial score (nSPS) is 14.1. The van der Waals surface area contributed by atoms with E-state index in [0.29, 0.717) is 5.69 Å². The number of amides is 2. The number of carbonyl (C=O) groups excluding carboxylic acids is 1. The van der Waals surface area contributed by atoms with Crippen molar-refractivity contribution in [2.75, 3.05) is 11.9 Å². The highest BCUT2D eigenvalue weighted by atomic mass is 79.9. The molecule has 5 heteroatoms. The van der Waals surface area contributed by atoms with Crippen molar-refractivity contribution >= 4 is 27.6 Å².